The Labute approximate surface area is 114 Å². The van der Waals surface area contributed by atoms with Crippen molar-refractivity contribution in [2.75, 3.05) is 6.61 Å². The molecule has 1 fully saturated rings. The van der Waals surface area contributed by atoms with Gasteiger partial charge in [-0.1, -0.05) is 0 Å². The van der Waals surface area contributed by atoms with Crippen LogP contribution < -0.4 is 4.46 Å². The fraction of sp³-hybridized carbons (Fsp3) is 0.250. The first kappa shape index (κ1) is 12.0. The second-order valence-corrected chi connectivity index (χ2v) is 7.21. The summed E-state index contributed by atoms with van der Waals surface area (Å²) in [6, 6.07) is 21.5. The van der Waals surface area contributed by atoms with E-state index < -0.39 is 0 Å². The van der Waals surface area contributed by atoms with E-state index in [1.54, 1.807) is 0 Å². The Bertz CT molecular complexity index is 483. The van der Waals surface area contributed by atoms with Gasteiger partial charge in [0.05, 0.1) is 0 Å². The van der Waals surface area contributed by atoms with Crippen LogP contribution in [0.3, 0.4) is 0 Å². The maximum atomic E-state index is 5.94. The zero-order valence-electron chi connectivity index (χ0n) is 10.2. The van der Waals surface area contributed by atoms with Gasteiger partial charge in [-0.15, -0.1) is 0 Å². The molecule has 2 atom stereocenters. The molecule has 0 radical (unpaired) electrons. The van der Waals surface area contributed by atoms with E-state index in [1.807, 2.05) is 0 Å². The van der Waals surface area contributed by atoms with Gasteiger partial charge in [0.15, 0.2) is 0 Å². The Morgan fingerprint density at radius 3 is 2.28 bits per heavy atom. The van der Waals surface area contributed by atoms with Crippen LogP contribution in [-0.2, 0) is 4.74 Å². The third kappa shape index (κ3) is 2.67. The van der Waals surface area contributed by atoms with Crippen molar-refractivity contribution in [3.05, 3.63) is 66.2 Å². The summed E-state index contributed by atoms with van der Waals surface area (Å²) in [6.45, 7) is 0.902. The molecule has 92 valence electrons. The van der Waals surface area contributed by atoms with Gasteiger partial charge >= 0.3 is 114 Å². The van der Waals surface area contributed by atoms with Crippen LogP contribution >= 0.6 is 0 Å². The number of hydrogen-bond donors (Lipinski definition) is 0. The molecule has 3 rings (SSSR count). The van der Waals surface area contributed by atoms with E-state index in [2.05, 4.69) is 60.7 Å². The zero-order chi connectivity index (χ0) is 12.2. The van der Waals surface area contributed by atoms with Crippen LogP contribution in [0.5, 0.6) is 0 Å². The molecule has 0 amide bonds. The average Bonchev–Trinajstić information content (AvgIpc) is 2.89. The molecule has 0 saturated carbocycles. The molecule has 2 aromatic carbocycles. The van der Waals surface area contributed by atoms with Crippen molar-refractivity contribution in [3.8, 4) is 0 Å². The van der Waals surface area contributed by atoms with Crippen LogP contribution in [0.4, 0.5) is 0 Å². The molecule has 0 spiro atoms. The van der Waals surface area contributed by atoms with Gasteiger partial charge in [-0.3, -0.25) is 0 Å². The molecule has 0 bridgehead atoms. The molecule has 0 aromatic heterocycles. The molecule has 18 heavy (non-hydrogen) atoms. The Morgan fingerprint density at radius 1 is 0.889 bits per heavy atom. The van der Waals surface area contributed by atoms with E-state index in [-0.39, 0.29) is 0 Å². The quantitative estimate of drug-likeness (QED) is 0.792. The fourth-order valence-electron chi connectivity index (χ4n) is 2.32. The number of hydrogen-bond acceptors (Lipinski definition) is 1. The van der Waals surface area contributed by atoms with Gasteiger partial charge in [-0.25, -0.2) is 0 Å². The van der Waals surface area contributed by atoms with Crippen molar-refractivity contribution in [3.63, 3.8) is 0 Å². The zero-order valence-corrected chi connectivity index (χ0v) is 11.9. The van der Waals surface area contributed by atoms with E-state index in [4.69, 9.17) is 4.74 Å². The molecule has 0 aliphatic carbocycles. The van der Waals surface area contributed by atoms with Crippen molar-refractivity contribution in [1.29, 1.82) is 0 Å². The number of benzene rings is 2. The van der Waals surface area contributed by atoms with Gasteiger partial charge in [0.2, 0.25) is 0 Å². The van der Waals surface area contributed by atoms with Gasteiger partial charge in [-0.05, 0) is 0 Å². The van der Waals surface area contributed by atoms with E-state index in [0.717, 1.165) is 6.61 Å². The summed E-state index contributed by atoms with van der Waals surface area (Å²) in [5.41, 5.74) is 1.33. The first-order valence-electron chi connectivity index (χ1n) is 6.32. The molecule has 1 saturated heterocycles. The van der Waals surface area contributed by atoms with Crippen molar-refractivity contribution >= 4 is 19.4 Å². The summed E-state index contributed by atoms with van der Waals surface area (Å²) in [5, 5.41) is 0. The SMILES string of the molecule is c1ccc([Se][C@@H]2CCO[C@@H]2c2ccccc2)cc1. The van der Waals surface area contributed by atoms with Crippen molar-refractivity contribution in [2.24, 2.45) is 0 Å². The first-order chi connectivity index (χ1) is 8.93. The second-order valence-electron chi connectivity index (χ2n) is 4.46. The van der Waals surface area contributed by atoms with Crippen LogP contribution in [0.25, 0.3) is 0 Å². The van der Waals surface area contributed by atoms with E-state index in [0.29, 0.717) is 25.9 Å². The Morgan fingerprint density at radius 2 is 1.56 bits per heavy atom. The molecule has 1 aliphatic heterocycles. The second kappa shape index (κ2) is 5.71. The third-order valence-corrected chi connectivity index (χ3v) is 5.99. The van der Waals surface area contributed by atoms with Crippen molar-refractivity contribution < 1.29 is 4.74 Å². The summed E-state index contributed by atoms with van der Waals surface area (Å²) in [7, 11) is 0. The standard InChI is InChI=1S/C16H16OSe/c1-3-7-13(8-4-1)16-15(11-12-17-16)18-14-9-5-2-6-10-14/h1-10,15-16H,11-12H2/t15-,16-/m1/s1. The minimum atomic E-state index is 0.298. The number of rotatable bonds is 3. The van der Waals surface area contributed by atoms with E-state index in [1.165, 1.54) is 16.4 Å². The molecule has 1 heterocycles. The Balaban J connectivity index is 1.76. The predicted molar refractivity (Wildman–Crippen MR) is 75.3 cm³/mol. The normalized spacial score (nSPS) is 23.1. The van der Waals surface area contributed by atoms with Crippen LogP contribution in [0.2, 0.25) is 4.82 Å². The number of ether oxygens (including phenoxy) is 1. The van der Waals surface area contributed by atoms with Gasteiger partial charge in [0.1, 0.15) is 0 Å². The monoisotopic (exact) mass is 304 g/mol. The topological polar surface area (TPSA) is 9.23 Å². The van der Waals surface area contributed by atoms with Crippen LogP contribution in [0, 0.1) is 0 Å². The van der Waals surface area contributed by atoms with Gasteiger partial charge in [0, 0.05) is 0 Å². The van der Waals surface area contributed by atoms with Gasteiger partial charge < -0.3 is 0 Å². The summed E-state index contributed by atoms with van der Waals surface area (Å²) in [6.07, 6.45) is 1.49. The molecule has 1 aliphatic rings. The molecule has 0 unspecified atom stereocenters. The van der Waals surface area contributed by atoms with Crippen molar-refractivity contribution in [1.82, 2.24) is 0 Å². The minimum absolute atomic E-state index is 0.298. The molecule has 2 aromatic rings. The molecule has 0 N–H and O–H groups in total. The third-order valence-electron chi connectivity index (χ3n) is 3.20. The van der Waals surface area contributed by atoms with Gasteiger partial charge in [-0.2, -0.15) is 0 Å². The summed E-state index contributed by atoms with van der Waals surface area (Å²) in [4.78, 5) is 0.669. The summed E-state index contributed by atoms with van der Waals surface area (Å²) >= 11 is 0.498. The first-order valence-corrected chi connectivity index (χ1v) is 8.16. The Kier molecular flexibility index (Phi) is 3.80. The molecule has 1 nitrogen and oxygen atoms in total. The predicted octanol–water partition coefficient (Wildman–Crippen LogP) is 2.97. The van der Waals surface area contributed by atoms with E-state index >= 15 is 0 Å². The molecular weight excluding hydrogens is 287 g/mol. The summed E-state index contributed by atoms with van der Waals surface area (Å²) in [5.74, 6) is 0. The molecule has 2 heteroatoms. The maximum absolute atomic E-state index is 5.94. The van der Waals surface area contributed by atoms with E-state index in [9.17, 15) is 0 Å². The van der Waals surface area contributed by atoms with Gasteiger partial charge in [0.25, 0.3) is 0 Å². The fourth-order valence-corrected chi connectivity index (χ4v) is 4.91. The van der Waals surface area contributed by atoms with Crippen LogP contribution in [0.1, 0.15) is 18.1 Å². The van der Waals surface area contributed by atoms with Crippen LogP contribution in [-0.4, -0.2) is 21.6 Å². The average molecular weight is 303 g/mol. The van der Waals surface area contributed by atoms with Crippen molar-refractivity contribution in [2.45, 2.75) is 17.3 Å². The van der Waals surface area contributed by atoms with Crippen LogP contribution in [0.15, 0.2) is 60.7 Å². The summed E-state index contributed by atoms with van der Waals surface area (Å²) < 4.78 is 7.41. The molecular formula is C16H16OSe. The Hall–Kier alpha value is -1.08.